The van der Waals surface area contributed by atoms with Crippen molar-refractivity contribution >= 4 is 21.4 Å². The first-order valence-electron chi connectivity index (χ1n) is 9.63. The minimum atomic E-state index is -3.56. The molecule has 0 bridgehead atoms. The first kappa shape index (κ1) is 20.8. The van der Waals surface area contributed by atoms with E-state index in [9.17, 15) is 8.42 Å². The van der Waals surface area contributed by atoms with Crippen molar-refractivity contribution in [3.63, 3.8) is 0 Å². The summed E-state index contributed by atoms with van der Waals surface area (Å²) in [5.74, 6) is 1.46. The highest BCUT2D eigenvalue weighted by Gasteiger charge is 2.32. The summed E-state index contributed by atoms with van der Waals surface area (Å²) in [6.07, 6.45) is 1.68. The average molecular weight is 446 g/mol. The molecule has 0 aliphatic carbocycles. The van der Waals surface area contributed by atoms with Gasteiger partial charge in [0.05, 0.1) is 19.1 Å². The Labute approximate surface area is 180 Å². The number of aromatic nitrogens is 2. The summed E-state index contributed by atoms with van der Waals surface area (Å²) in [7, 11) is -0.372. The van der Waals surface area contributed by atoms with E-state index in [4.69, 9.17) is 9.47 Å². The summed E-state index contributed by atoms with van der Waals surface area (Å²) in [6, 6.07) is 14.2. The third kappa shape index (κ3) is 4.19. The van der Waals surface area contributed by atoms with Crippen molar-refractivity contribution in [2.24, 2.45) is 0 Å². The topological polar surface area (TPSA) is 81.6 Å². The summed E-state index contributed by atoms with van der Waals surface area (Å²) in [6.45, 7) is 0.917. The highest BCUT2D eigenvalue weighted by Crippen LogP contribution is 2.35. The molecule has 0 unspecified atom stereocenters. The average Bonchev–Trinajstić information content (AvgIpc) is 3.29. The van der Waals surface area contributed by atoms with Crippen molar-refractivity contribution in [1.82, 2.24) is 14.5 Å². The van der Waals surface area contributed by atoms with E-state index in [1.807, 2.05) is 24.3 Å². The number of sulfonamides is 1. The third-order valence-electron chi connectivity index (χ3n) is 5.21. The smallest absolute Gasteiger partial charge is 0.243 e. The summed E-state index contributed by atoms with van der Waals surface area (Å²) in [4.78, 5) is 0.278. The Bertz CT molecular complexity index is 1100. The van der Waals surface area contributed by atoms with Gasteiger partial charge in [0.2, 0.25) is 10.0 Å². The Morgan fingerprint density at radius 2 is 1.60 bits per heavy atom. The van der Waals surface area contributed by atoms with Crippen molar-refractivity contribution in [2.45, 2.75) is 23.7 Å². The number of piperidine rings is 1. The SMILES string of the molecule is COc1ccc(-c2nnc([C@@H]3CCCN(S(=O)(=O)c4ccc(OC)cc4)C3)s2)cc1. The lowest BCUT2D eigenvalue weighted by Crippen LogP contribution is -2.39. The van der Waals surface area contributed by atoms with E-state index in [-0.39, 0.29) is 10.8 Å². The van der Waals surface area contributed by atoms with E-state index in [0.29, 0.717) is 18.8 Å². The molecule has 1 aromatic heterocycles. The van der Waals surface area contributed by atoms with Gasteiger partial charge in [-0.1, -0.05) is 11.3 Å². The van der Waals surface area contributed by atoms with Crippen LogP contribution >= 0.6 is 11.3 Å². The molecule has 2 aromatic carbocycles. The zero-order chi connectivity index (χ0) is 21.1. The van der Waals surface area contributed by atoms with Gasteiger partial charge >= 0.3 is 0 Å². The molecule has 0 spiro atoms. The molecule has 0 saturated carbocycles. The van der Waals surface area contributed by atoms with Gasteiger partial charge in [0.1, 0.15) is 21.5 Å². The van der Waals surface area contributed by atoms with Crippen LogP contribution in [-0.4, -0.2) is 50.2 Å². The van der Waals surface area contributed by atoms with Gasteiger partial charge in [-0.2, -0.15) is 4.31 Å². The second kappa shape index (κ2) is 8.71. The molecule has 1 saturated heterocycles. The second-order valence-corrected chi connectivity index (χ2v) is 10.00. The van der Waals surface area contributed by atoms with Crippen molar-refractivity contribution < 1.29 is 17.9 Å². The molecule has 4 rings (SSSR count). The second-order valence-electron chi connectivity index (χ2n) is 7.05. The Kier molecular flexibility index (Phi) is 6.03. The van der Waals surface area contributed by atoms with Crippen LogP contribution in [0.15, 0.2) is 53.4 Å². The van der Waals surface area contributed by atoms with Gasteiger partial charge in [-0.3, -0.25) is 0 Å². The minimum Gasteiger partial charge on any atom is -0.497 e. The van der Waals surface area contributed by atoms with E-state index in [2.05, 4.69) is 10.2 Å². The van der Waals surface area contributed by atoms with Crippen LogP contribution in [0.4, 0.5) is 0 Å². The first-order valence-corrected chi connectivity index (χ1v) is 11.9. The lowest BCUT2D eigenvalue weighted by atomic mass is 10.0. The van der Waals surface area contributed by atoms with Crippen LogP contribution < -0.4 is 9.47 Å². The van der Waals surface area contributed by atoms with Gasteiger partial charge in [0.15, 0.2) is 0 Å². The molecule has 0 radical (unpaired) electrons. The van der Waals surface area contributed by atoms with E-state index < -0.39 is 10.0 Å². The molecule has 30 heavy (non-hydrogen) atoms. The monoisotopic (exact) mass is 445 g/mol. The molecule has 7 nitrogen and oxygen atoms in total. The molecule has 1 fully saturated rings. The molecule has 1 aliphatic heterocycles. The lowest BCUT2D eigenvalue weighted by molar-refractivity contribution is 0.314. The Hall–Kier alpha value is -2.49. The first-order chi connectivity index (χ1) is 14.5. The largest absolute Gasteiger partial charge is 0.497 e. The Morgan fingerprint density at radius 3 is 2.23 bits per heavy atom. The van der Waals surface area contributed by atoms with E-state index in [0.717, 1.165) is 34.2 Å². The molecule has 9 heteroatoms. The summed E-state index contributed by atoms with van der Waals surface area (Å²) < 4.78 is 38.1. The Balaban J connectivity index is 1.51. The standard InChI is InChI=1S/C21H23N3O4S2/c1-27-17-7-5-15(6-8-17)20-22-23-21(29-20)16-4-3-13-24(14-16)30(25,26)19-11-9-18(28-2)10-12-19/h5-12,16H,3-4,13-14H2,1-2H3/t16-/m1/s1. The minimum absolute atomic E-state index is 0.0382. The predicted molar refractivity (Wildman–Crippen MR) is 116 cm³/mol. The Morgan fingerprint density at radius 1 is 0.967 bits per heavy atom. The number of nitrogens with zero attached hydrogens (tertiary/aromatic N) is 3. The normalized spacial score (nSPS) is 17.6. The van der Waals surface area contributed by atoms with Crippen LogP contribution in [0.3, 0.4) is 0 Å². The summed E-state index contributed by atoms with van der Waals surface area (Å²) in [5.41, 5.74) is 0.970. The molecule has 158 valence electrons. The van der Waals surface area contributed by atoms with Crippen LogP contribution in [0.1, 0.15) is 23.8 Å². The van der Waals surface area contributed by atoms with Gasteiger partial charge in [-0.15, -0.1) is 10.2 Å². The number of hydrogen-bond acceptors (Lipinski definition) is 7. The lowest BCUT2D eigenvalue weighted by Gasteiger charge is -2.30. The van der Waals surface area contributed by atoms with Crippen LogP contribution in [0.25, 0.3) is 10.6 Å². The number of rotatable bonds is 6. The fourth-order valence-corrected chi connectivity index (χ4v) is 6.01. The molecule has 3 aromatic rings. The van der Waals surface area contributed by atoms with Crippen molar-refractivity contribution in [3.8, 4) is 22.1 Å². The highest BCUT2D eigenvalue weighted by atomic mass is 32.2. The molecule has 0 N–H and O–H groups in total. The van der Waals surface area contributed by atoms with E-state index in [1.54, 1.807) is 42.8 Å². The van der Waals surface area contributed by atoms with Crippen LogP contribution in [0.2, 0.25) is 0 Å². The van der Waals surface area contributed by atoms with E-state index in [1.165, 1.54) is 11.3 Å². The van der Waals surface area contributed by atoms with Gasteiger partial charge < -0.3 is 9.47 Å². The predicted octanol–water partition coefficient (Wildman–Crippen LogP) is 3.79. The zero-order valence-electron chi connectivity index (χ0n) is 16.8. The van der Waals surface area contributed by atoms with Gasteiger partial charge in [-0.05, 0) is 61.4 Å². The molecule has 1 atom stereocenters. The number of hydrogen-bond donors (Lipinski definition) is 0. The third-order valence-corrected chi connectivity index (χ3v) is 8.22. The van der Waals surface area contributed by atoms with Crippen molar-refractivity contribution in [2.75, 3.05) is 27.3 Å². The fourth-order valence-electron chi connectivity index (χ4n) is 3.51. The van der Waals surface area contributed by atoms with E-state index >= 15 is 0 Å². The number of benzene rings is 2. The molecule has 2 heterocycles. The zero-order valence-corrected chi connectivity index (χ0v) is 18.4. The van der Waals surface area contributed by atoms with Gasteiger partial charge in [0.25, 0.3) is 0 Å². The molecule has 1 aliphatic rings. The highest BCUT2D eigenvalue weighted by molar-refractivity contribution is 7.89. The molecular formula is C21H23N3O4S2. The quantitative estimate of drug-likeness (QED) is 0.574. The van der Waals surface area contributed by atoms with Gasteiger partial charge in [-0.25, -0.2) is 8.42 Å². The van der Waals surface area contributed by atoms with Crippen LogP contribution in [0.5, 0.6) is 11.5 Å². The van der Waals surface area contributed by atoms with Crippen molar-refractivity contribution in [1.29, 1.82) is 0 Å². The fraction of sp³-hybridized carbons (Fsp3) is 0.333. The number of methoxy groups -OCH3 is 2. The van der Waals surface area contributed by atoms with Crippen molar-refractivity contribution in [3.05, 3.63) is 53.5 Å². The maximum Gasteiger partial charge on any atom is 0.243 e. The maximum atomic E-state index is 13.1. The molecular weight excluding hydrogens is 422 g/mol. The molecule has 0 amide bonds. The van der Waals surface area contributed by atoms with Gasteiger partial charge in [0, 0.05) is 24.6 Å². The van der Waals surface area contributed by atoms with Crippen LogP contribution in [-0.2, 0) is 10.0 Å². The maximum absolute atomic E-state index is 13.1. The van der Waals surface area contributed by atoms with Crippen LogP contribution in [0, 0.1) is 0 Å². The number of ether oxygens (including phenoxy) is 2. The summed E-state index contributed by atoms with van der Waals surface area (Å²) >= 11 is 1.52. The summed E-state index contributed by atoms with van der Waals surface area (Å²) in [5, 5.41) is 10.4.